The van der Waals surface area contributed by atoms with Gasteiger partial charge < -0.3 is 14.2 Å². The highest BCUT2D eigenvalue weighted by Crippen LogP contribution is 2.14. The first-order valence-corrected chi connectivity index (χ1v) is 7.53. The molecule has 2 heterocycles. The number of benzene rings is 2. The number of amides is 1. The lowest BCUT2D eigenvalue weighted by Crippen LogP contribution is -2.27. The van der Waals surface area contributed by atoms with Gasteiger partial charge in [-0.1, -0.05) is 24.3 Å². The van der Waals surface area contributed by atoms with Crippen LogP contribution in [-0.2, 0) is 6.54 Å². The summed E-state index contributed by atoms with van der Waals surface area (Å²) >= 11 is 0. The lowest BCUT2D eigenvalue weighted by Gasteiger charge is -2.05. The van der Waals surface area contributed by atoms with Gasteiger partial charge in [0.15, 0.2) is 5.58 Å². The normalized spacial score (nSPS) is 11.0. The molecule has 124 valence electrons. The van der Waals surface area contributed by atoms with Gasteiger partial charge in [-0.3, -0.25) is 9.78 Å². The molecule has 0 fully saturated rings. The maximum atomic E-state index is 12.3. The van der Waals surface area contributed by atoms with E-state index in [0.29, 0.717) is 22.1 Å². The monoisotopic (exact) mass is 336 g/mol. The average Bonchev–Trinajstić information content (AvgIpc) is 2.98. The highest BCUT2D eigenvalue weighted by Gasteiger charge is 2.13. The van der Waals surface area contributed by atoms with Crippen molar-refractivity contribution in [2.75, 3.05) is 0 Å². The summed E-state index contributed by atoms with van der Waals surface area (Å²) in [5.41, 5.74) is 1.39. The highest BCUT2D eigenvalue weighted by atomic mass is 16.4. The first kappa shape index (κ1) is 14.9. The number of fused-ring (bicyclic) bond motifs is 2. The van der Waals surface area contributed by atoms with Crippen LogP contribution in [-0.4, -0.2) is 10.9 Å². The zero-order valence-electron chi connectivity index (χ0n) is 12.9. The zero-order valence-corrected chi connectivity index (χ0v) is 12.9. The Kier molecular flexibility index (Phi) is 3.46. The Morgan fingerprint density at radius 3 is 2.72 bits per heavy atom. The summed E-state index contributed by atoms with van der Waals surface area (Å²) in [6.45, 7) is 0.177. The number of carbonyl (C=O) groups excluding carboxylic acids is 1. The van der Waals surface area contributed by atoms with E-state index in [4.69, 9.17) is 8.83 Å². The number of H-pyrrole nitrogens is 1. The molecule has 0 saturated heterocycles. The molecule has 0 radical (unpaired) electrons. The molecule has 25 heavy (non-hydrogen) atoms. The van der Waals surface area contributed by atoms with E-state index in [1.165, 1.54) is 6.07 Å². The minimum Gasteiger partial charge on any atom is -0.422 e. The number of aromatic nitrogens is 1. The molecule has 4 aromatic rings. The maximum absolute atomic E-state index is 12.3. The molecule has 0 unspecified atom stereocenters. The van der Waals surface area contributed by atoms with Crippen LogP contribution in [0.5, 0.6) is 0 Å². The molecule has 0 atom stereocenters. The van der Waals surface area contributed by atoms with Crippen LogP contribution in [0.3, 0.4) is 0 Å². The van der Waals surface area contributed by atoms with E-state index in [1.54, 1.807) is 42.5 Å². The van der Waals surface area contributed by atoms with Gasteiger partial charge >= 0.3 is 11.4 Å². The Balaban J connectivity index is 1.57. The third-order valence-electron chi connectivity index (χ3n) is 3.82. The van der Waals surface area contributed by atoms with Crippen LogP contribution >= 0.6 is 0 Å². The van der Waals surface area contributed by atoms with Gasteiger partial charge in [-0.15, -0.1) is 0 Å². The fraction of sp³-hybridized carbons (Fsp3) is 0.0556. The summed E-state index contributed by atoms with van der Waals surface area (Å²) in [6.07, 6.45) is 0. The number of hydrogen-bond donors (Lipinski definition) is 2. The number of aromatic amines is 1. The quantitative estimate of drug-likeness (QED) is 0.558. The predicted octanol–water partition coefficient (Wildman–Crippen LogP) is 2.16. The van der Waals surface area contributed by atoms with Gasteiger partial charge in [-0.05, 0) is 29.8 Å². The van der Waals surface area contributed by atoms with Crippen molar-refractivity contribution in [3.8, 4) is 0 Å². The van der Waals surface area contributed by atoms with E-state index < -0.39 is 17.3 Å². The van der Waals surface area contributed by atoms with E-state index in [2.05, 4.69) is 10.3 Å². The van der Waals surface area contributed by atoms with Crippen molar-refractivity contribution in [1.82, 2.24) is 10.3 Å². The molecular formula is C18H12N2O5. The molecule has 4 rings (SSSR count). The van der Waals surface area contributed by atoms with Crippen molar-refractivity contribution in [2.45, 2.75) is 6.54 Å². The molecule has 0 bridgehead atoms. The van der Waals surface area contributed by atoms with Crippen molar-refractivity contribution in [3.63, 3.8) is 0 Å². The molecular weight excluding hydrogens is 324 g/mol. The Morgan fingerprint density at radius 1 is 1.00 bits per heavy atom. The molecule has 0 saturated carbocycles. The van der Waals surface area contributed by atoms with Crippen LogP contribution in [0.4, 0.5) is 0 Å². The second-order valence-electron chi connectivity index (χ2n) is 5.51. The third-order valence-corrected chi connectivity index (χ3v) is 3.82. The Morgan fingerprint density at radius 2 is 1.84 bits per heavy atom. The first-order valence-electron chi connectivity index (χ1n) is 7.53. The average molecular weight is 336 g/mol. The van der Waals surface area contributed by atoms with E-state index in [1.807, 2.05) is 0 Å². The second-order valence-corrected chi connectivity index (χ2v) is 5.51. The van der Waals surface area contributed by atoms with Crippen LogP contribution in [0.25, 0.3) is 22.1 Å². The Hall–Kier alpha value is -3.61. The SMILES string of the molecule is O=C(NCc1ccc2[nH]c(=O)oc2c1)c1cc2ccccc2oc1=O. The van der Waals surface area contributed by atoms with Crippen molar-refractivity contribution in [1.29, 1.82) is 0 Å². The maximum Gasteiger partial charge on any atom is 0.417 e. The van der Waals surface area contributed by atoms with Crippen LogP contribution in [0.2, 0.25) is 0 Å². The molecule has 1 amide bonds. The zero-order chi connectivity index (χ0) is 17.4. The number of para-hydroxylation sites is 1. The van der Waals surface area contributed by atoms with Crippen LogP contribution in [0, 0.1) is 0 Å². The minimum absolute atomic E-state index is 0.0621. The van der Waals surface area contributed by atoms with Crippen LogP contribution in [0.15, 0.2) is 67.0 Å². The Labute approximate surface area is 139 Å². The molecule has 2 N–H and O–H groups in total. The van der Waals surface area contributed by atoms with Crippen molar-refractivity contribution < 1.29 is 13.6 Å². The standard InChI is InChI=1S/C18H12N2O5/c21-16(12-8-11-3-1-2-4-14(11)24-17(12)22)19-9-10-5-6-13-15(7-10)25-18(23)20-13/h1-8H,9H2,(H,19,21)(H,20,23). The van der Waals surface area contributed by atoms with E-state index in [9.17, 15) is 14.4 Å². The van der Waals surface area contributed by atoms with Crippen molar-refractivity contribution in [2.24, 2.45) is 0 Å². The lowest BCUT2D eigenvalue weighted by atomic mass is 10.1. The fourth-order valence-corrected chi connectivity index (χ4v) is 2.60. The number of carbonyl (C=O) groups is 1. The predicted molar refractivity (Wildman–Crippen MR) is 90.5 cm³/mol. The molecule has 2 aromatic carbocycles. The summed E-state index contributed by atoms with van der Waals surface area (Å²) in [5.74, 6) is -1.07. The van der Waals surface area contributed by atoms with Gasteiger partial charge in [0, 0.05) is 11.9 Å². The highest BCUT2D eigenvalue weighted by molar-refractivity contribution is 5.96. The largest absolute Gasteiger partial charge is 0.422 e. The summed E-state index contributed by atoms with van der Waals surface area (Å²) < 4.78 is 10.1. The molecule has 0 spiro atoms. The van der Waals surface area contributed by atoms with Crippen LogP contribution < -0.4 is 16.7 Å². The van der Waals surface area contributed by atoms with Crippen molar-refractivity contribution >= 4 is 28.0 Å². The molecule has 0 aliphatic heterocycles. The fourth-order valence-electron chi connectivity index (χ4n) is 2.60. The van der Waals surface area contributed by atoms with Gasteiger partial charge in [-0.25, -0.2) is 9.59 Å². The van der Waals surface area contributed by atoms with Gasteiger partial charge in [0.25, 0.3) is 5.91 Å². The number of rotatable bonds is 3. The summed E-state index contributed by atoms with van der Waals surface area (Å²) in [4.78, 5) is 38.0. The lowest BCUT2D eigenvalue weighted by molar-refractivity contribution is 0.0947. The van der Waals surface area contributed by atoms with E-state index in [-0.39, 0.29) is 12.1 Å². The summed E-state index contributed by atoms with van der Waals surface area (Å²) in [7, 11) is 0. The van der Waals surface area contributed by atoms with Gasteiger partial charge in [0.1, 0.15) is 11.1 Å². The second kappa shape index (κ2) is 5.79. The summed E-state index contributed by atoms with van der Waals surface area (Å²) in [6, 6.07) is 13.6. The number of nitrogens with one attached hydrogen (secondary N) is 2. The number of oxazole rings is 1. The topological polar surface area (TPSA) is 105 Å². The van der Waals surface area contributed by atoms with Gasteiger partial charge in [-0.2, -0.15) is 0 Å². The number of hydrogen-bond acceptors (Lipinski definition) is 5. The van der Waals surface area contributed by atoms with E-state index >= 15 is 0 Å². The van der Waals surface area contributed by atoms with E-state index in [0.717, 1.165) is 5.56 Å². The van der Waals surface area contributed by atoms with Gasteiger partial charge in [0.2, 0.25) is 0 Å². The van der Waals surface area contributed by atoms with Crippen LogP contribution in [0.1, 0.15) is 15.9 Å². The Bertz CT molecular complexity index is 1220. The smallest absolute Gasteiger partial charge is 0.417 e. The summed E-state index contributed by atoms with van der Waals surface area (Å²) in [5, 5.41) is 3.33. The van der Waals surface area contributed by atoms with Crippen molar-refractivity contribution in [3.05, 3.63) is 80.6 Å². The molecule has 0 aliphatic rings. The molecule has 2 aromatic heterocycles. The minimum atomic E-state index is -0.691. The molecule has 0 aliphatic carbocycles. The first-order chi connectivity index (χ1) is 12.1. The molecule has 7 heteroatoms. The molecule has 7 nitrogen and oxygen atoms in total. The van der Waals surface area contributed by atoms with Gasteiger partial charge in [0.05, 0.1) is 5.52 Å². The third kappa shape index (κ3) is 2.83.